The Morgan fingerprint density at radius 1 is 1.17 bits per heavy atom. The number of fused-ring (bicyclic) bond motifs is 1. The molecule has 7 heteroatoms. The van der Waals surface area contributed by atoms with Crippen molar-refractivity contribution in [2.75, 3.05) is 11.4 Å². The molecule has 0 saturated carbocycles. The number of anilines is 1. The van der Waals surface area contributed by atoms with Gasteiger partial charge in [0.1, 0.15) is 0 Å². The molecule has 2 aromatic heterocycles. The van der Waals surface area contributed by atoms with Gasteiger partial charge in [-0.15, -0.1) is 0 Å². The van der Waals surface area contributed by atoms with Crippen molar-refractivity contribution in [3.05, 3.63) is 76.3 Å². The van der Waals surface area contributed by atoms with Gasteiger partial charge in [-0.1, -0.05) is 46.2 Å². The molecule has 2 heterocycles. The number of thiazole rings is 1. The lowest BCUT2D eigenvalue weighted by atomic mass is 10.1. The lowest BCUT2D eigenvalue weighted by Crippen LogP contribution is -2.32. The minimum atomic E-state index is -0.0414. The van der Waals surface area contributed by atoms with Gasteiger partial charge in [0.2, 0.25) is 0 Å². The van der Waals surface area contributed by atoms with Crippen LogP contribution in [0.1, 0.15) is 33.5 Å². The number of halogens is 1. The number of hydrogen-bond donors (Lipinski definition) is 0. The zero-order valence-corrected chi connectivity index (χ0v) is 18.8. The molecular weight excluding hydrogens is 416 g/mol. The van der Waals surface area contributed by atoms with Gasteiger partial charge < -0.3 is 4.57 Å². The Labute approximate surface area is 185 Å². The number of carbonyl (C=O) groups is 1. The van der Waals surface area contributed by atoms with Crippen LogP contribution in [0, 0.1) is 20.8 Å². The van der Waals surface area contributed by atoms with Gasteiger partial charge in [-0.25, -0.2) is 9.97 Å². The van der Waals surface area contributed by atoms with Gasteiger partial charge >= 0.3 is 0 Å². The van der Waals surface area contributed by atoms with E-state index in [0.29, 0.717) is 22.3 Å². The van der Waals surface area contributed by atoms with Gasteiger partial charge in [0, 0.05) is 31.0 Å². The lowest BCUT2D eigenvalue weighted by molar-refractivity contribution is 0.0986. The Kier molecular flexibility index (Phi) is 5.88. The van der Waals surface area contributed by atoms with E-state index >= 15 is 0 Å². The Morgan fingerprint density at radius 3 is 2.60 bits per heavy atom. The van der Waals surface area contributed by atoms with Crippen molar-refractivity contribution in [1.82, 2.24) is 14.5 Å². The summed E-state index contributed by atoms with van der Waals surface area (Å²) in [6, 6.07) is 9.79. The van der Waals surface area contributed by atoms with Crippen molar-refractivity contribution in [2.24, 2.45) is 0 Å². The molecule has 0 bridgehead atoms. The molecule has 4 rings (SSSR count). The fraction of sp³-hybridized carbons (Fsp3) is 0.261. The molecule has 30 heavy (non-hydrogen) atoms. The van der Waals surface area contributed by atoms with Crippen LogP contribution in [0.5, 0.6) is 0 Å². The molecule has 0 radical (unpaired) electrons. The molecule has 0 N–H and O–H groups in total. The third-order valence-corrected chi connectivity index (χ3v) is 6.53. The third-order valence-electron chi connectivity index (χ3n) is 4.99. The van der Waals surface area contributed by atoms with Crippen molar-refractivity contribution in [2.45, 2.75) is 33.7 Å². The van der Waals surface area contributed by atoms with Gasteiger partial charge in [-0.05, 0) is 51.0 Å². The molecule has 0 saturated heterocycles. The van der Waals surface area contributed by atoms with E-state index in [9.17, 15) is 4.79 Å². The topological polar surface area (TPSA) is 51.0 Å². The predicted molar refractivity (Wildman–Crippen MR) is 124 cm³/mol. The number of aromatic nitrogens is 3. The van der Waals surface area contributed by atoms with E-state index in [1.165, 1.54) is 11.3 Å². The molecule has 2 aromatic carbocycles. The first-order chi connectivity index (χ1) is 14.4. The van der Waals surface area contributed by atoms with Crippen LogP contribution in [-0.4, -0.2) is 27.0 Å². The van der Waals surface area contributed by atoms with Crippen molar-refractivity contribution in [3.63, 3.8) is 0 Å². The van der Waals surface area contributed by atoms with Crippen molar-refractivity contribution >= 4 is 44.2 Å². The molecule has 0 spiro atoms. The number of amides is 1. The minimum Gasteiger partial charge on any atom is -0.337 e. The van der Waals surface area contributed by atoms with E-state index < -0.39 is 0 Å². The molecule has 0 aliphatic carbocycles. The van der Waals surface area contributed by atoms with Gasteiger partial charge in [0.15, 0.2) is 5.13 Å². The first-order valence-electron chi connectivity index (χ1n) is 9.84. The second kappa shape index (κ2) is 8.58. The highest BCUT2D eigenvalue weighted by Gasteiger charge is 2.22. The largest absolute Gasteiger partial charge is 0.337 e. The van der Waals surface area contributed by atoms with Crippen LogP contribution >= 0.6 is 22.9 Å². The molecule has 0 aliphatic heterocycles. The van der Waals surface area contributed by atoms with Crippen LogP contribution < -0.4 is 4.90 Å². The number of aryl methyl sites for hydroxylation is 4. The maximum absolute atomic E-state index is 13.5. The smallest absolute Gasteiger partial charge is 0.260 e. The average Bonchev–Trinajstić information content (AvgIpc) is 3.37. The summed E-state index contributed by atoms with van der Waals surface area (Å²) < 4.78 is 2.93. The van der Waals surface area contributed by atoms with Gasteiger partial charge in [-0.2, -0.15) is 0 Å². The summed E-state index contributed by atoms with van der Waals surface area (Å²) in [6.45, 7) is 7.36. The number of hydrogen-bond acceptors (Lipinski definition) is 4. The van der Waals surface area contributed by atoms with E-state index in [0.717, 1.165) is 39.9 Å². The van der Waals surface area contributed by atoms with Crippen molar-refractivity contribution in [3.8, 4) is 0 Å². The Bertz CT molecular complexity index is 1140. The van der Waals surface area contributed by atoms with Crippen LogP contribution in [-0.2, 0) is 6.54 Å². The van der Waals surface area contributed by atoms with Crippen molar-refractivity contribution in [1.29, 1.82) is 0 Å². The molecule has 0 aliphatic rings. The molecule has 154 valence electrons. The summed E-state index contributed by atoms with van der Waals surface area (Å²) in [4.78, 5) is 24.2. The molecule has 4 aromatic rings. The SMILES string of the molecule is Cc1cc(C)cc(C(=O)N(CCCn2ccnc2)c2nc3c(C)ccc(Cl)c3s2)c1. The Morgan fingerprint density at radius 2 is 1.93 bits per heavy atom. The predicted octanol–water partition coefficient (Wildman–Crippen LogP) is 5.81. The zero-order valence-electron chi connectivity index (χ0n) is 17.2. The highest BCUT2D eigenvalue weighted by molar-refractivity contribution is 7.23. The number of benzene rings is 2. The summed E-state index contributed by atoms with van der Waals surface area (Å²) in [6.07, 6.45) is 6.26. The van der Waals surface area contributed by atoms with Crippen LogP contribution in [0.4, 0.5) is 5.13 Å². The van der Waals surface area contributed by atoms with E-state index in [1.807, 2.05) is 55.8 Å². The molecule has 1 amide bonds. The maximum atomic E-state index is 13.5. The number of imidazole rings is 1. The van der Waals surface area contributed by atoms with Gasteiger partial charge in [-0.3, -0.25) is 9.69 Å². The van der Waals surface area contributed by atoms with Crippen LogP contribution in [0.15, 0.2) is 49.1 Å². The number of carbonyl (C=O) groups excluding carboxylic acids is 1. The maximum Gasteiger partial charge on any atom is 0.260 e. The first kappa shape index (κ1) is 20.6. The quantitative estimate of drug-likeness (QED) is 0.381. The van der Waals surface area contributed by atoms with Crippen LogP contribution in [0.25, 0.3) is 10.2 Å². The van der Waals surface area contributed by atoms with E-state index in [4.69, 9.17) is 16.6 Å². The Balaban J connectivity index is 1.70. The first-order valence-corrected chi connectivity index (χ1v) is 11.0. The summed E-state index contributed by atoms with van der Waals surface area (Å²) >= 11 is 7.88. The summed E-state index contributed by atoms with van der Waals surface area (Å²) in [5, 5.41) is 1.34. The fourth-order valence-electron chi connectivity index (χ4n) is 3.57. The minimum absolute atomic E-state index is 0.0414. The Hall–Kier alpha value is -2.70. The van der Waals surface area contributed by atoms with E-state index in [-0.39, 0.29) is 5.91 Å². The fourth-order valence-corrected chi connectivity index (χ4v) is 4.92. The number of nitrogens with zero attached hydrogens (tertiary/aromatic N) is 4. The van der Waals surface area contributed by atoms with Crippen LogP contribution in [0.2, 0.25) is 5.02 Å². The van der Waals surface area contributed by atoms with Gasteiger partial charge in [0.05, 0.1) is 21.6 Å². The van der Waals surface area contributed by atoms with E-state index in [2.05, 4.69) is 11.1 Å². The summed E-state index contributed by atoms with van der Waals surface area (Å²) in [7, 11) is 0. The number of rotatable bonds is 6. The lowest BCUT2D eigenvalue weighted by Gasteiger charge is -2.20. The zero-order chi connectivity index (χ0) is 21.3. The highest BCUT2D eigenvalue weighted by Crippen LogP contribution is 2.36. The molecular formula is C23H23ClN4OS. The third kappa shape index (κ3) is 4.25. The monoisotopic (exact) mass is 438 g/mol. The molecule has 0 fully saturated rings. The normalized spacial score (nSPS) is 11.2. The standard InChI is InChI=1S/C23H23ClN4OS/c1-15-11-16(2)13-18(12-15)22(29)28(9-4-8-27-10-7-25-14-27)23-26-20-17(3)5-6-19(24)21(20)30-23/h5-7,10-14H,4,8-9H2,1-3H3. The summed E-state index contributed by atoms with van der Waals surface area (Å²) in [5.41, 5.74) is 4.72. The molecule has 5 nitrogen and oxygen atoms in total. The van der Waals surface area contributed by atoms with Crippen LogP contribution in [0.3, 0.4) is 0 Å². The van der Waals surface area contributed by atoms with Crippen molar-refractivity contribution < 1.29 is 4.79 Å². The second-order valence-corrected chi connectivity index (χ2v) is 8.91. The molecule has 0 unspecified atom stereocenters. The average molecular weight is 439 g/mol. The molecule has 0 atom stereocenters. The second-order valence-electron chi connectivity index (χ2n) is 7.53. The highest BCUT2D eigenvalue weighted by atomic mass is 35.5. The van der Waals surface area contributed by atoms with Gasteiger partial charge in [0.25, 0.3) is 5.91 Å². The summed E-state index contributed by atoms with van der Waals surface area (Å²) in [5.74, 6) is -0.0414. The van der Waals surface area contributed by atoms with E-state index in [1.54, 1.807) is 17.4 Å².